The van der Waals surface area contributed by atoms with Crippen LogP contribution in [0.2, 0.25) is 0 Å². The monoisotopic (exact) mass is 506 g/mol. The lowest BCUT2D eigenvalue weighted by Gasteiger charge is -2.21. The topological polar surface area (TPSA) is 263 Å². The van der Waals surface area contributed by atoms with Gasteiger partial charge in [0.15, 0.2) is 6.23 Å². The van der Waals surface area contributed by atoms with Gasteiger partial charge >= 0.3 is 26.0 Å². The van der Waals surface area contributed by atoms with Crippen LogP contribution in [0.3, 0.4) is 0 Å². The summed E-state index contributed by atoms with van der Waals surface area (Å²) in [5, 5.41) is 10.9. The van der Waals surface area contributed by atoms with Crippen LogP contribution in [0.1, 0.15) is 6.23 Å². The third-order valence-electron chi connectivity index (χ3n) is 3.97. The van der Waals surface area contributed by atoms with Crippen molar-refractivity contribution >= 4 is 42.9 Å². The van der Waals surface area contributed by atoms with Crippen LogP contribution in [0.5, 0.6) is 0 Å². The molecule has 1 aliphatic rings. The van der Waals surface area contributed by atoms with E-state index in [1.807, 2.05) is 0 Å². The van der Waals surface area contributed by atoms with E-state index in [2.05, 4.69) is 23.0 Å². The van der Waals surface area contributed by atoms with Gasteiger partial charge in [-0.05, 0) is 6.07 Å². The molecule has 0 aromatic carbocycles. The molecule has 0 saturated carbocycles. The molecule has 7 N–H and O–H groups in total. The fraction of sp³-hybridized carbons (Fsp3) is 0.455. The van der Waals surface area contributed by atoms with Crippen LogP contribution in [0, 0.1) is 0 Å². The van der Waals surface area contributed by atoms with Gasteiger partial charge in [0.1, 0.15) is 36.1 Å². The smallest absolute Gasteiger partial charge is 0.386 e. The molecule has 3 heterocycles. The fourth-order valence-electron chi connectivity index (χ4n) is 2.88. The van der Waals surface area contributed by atoms with Crippen molar-refractivity contribution in [2.75, 3.05) is 12.3 Å². The molecule has 1 unspecified atom stereocenters. The summed E-state index contributed by atoms with van der Waals surface area (Å²) in [6, 6.07) is 1.48. The van der Waals surface area contributed by atoms with Gasteiger partial charge in [0.05, 0.1) is 12.0 Å². The Hall–Kier alpha value is -1.53. The highest BCUT2D eigenvalue weighted by atomic mass is 32.3. The van der Waals surface area contributed by atoms with Crippen molar-refractivity contribution in [3.63, 3.8) is 0 Å². The number of nitrogen functional groups attached to an aromatic ring is 1. The highest BCUT2D eigenvalue weighted by Crippen LogP contribution is 2.48. The normalized spacial score (nSPS) is 26.9. The lowest BCUT2D eigenvalue weighted by atomic mass is 10.1. The summed E-state index contributed by atoms with van der Waals surface area (Å²) in [6.07, 6.45) is -4.09. The molecular weight excluding hydrogens is 490 g/mol. The maximum absolute atomic E-state index is 11.6. The molecule has 5 atom stereocenters. The quantitative estimate of drug-likeness (QED) is 0.179. The van der Waals surface area contributed by atoms with Crippen molar-refractivity contribution in [1.29, 1.82) is 0 Å². The van der Waals surface area contributed by atoms with Crippen LogP contribution in [0.4, 0.5) is 5.82 Å². The first-order valence-electron chi connectivity index (χ1n) is 7.97. The number of hydrogen-bond donors (Lipinski definition) is 6. The van der Waals surface area contributed by atoms with Gasteiger partial charge in [-0.25, -0.2) is 19.1 Å². The minimum Gasteiger partial charge on any atom is -0.386 e. The number of nitrogens with two attached hydrogens (primary N) is 1. The highest BCUT2D eigenvalue weighted by Gasteiger charge is 2.49. The number of aromatic nitrogens is 3. The van der Waals surface area contributed by atoms with E-state index >= 15 is 0 Å². The van der Waals surface area contributed by atoms with Gasteiger partial charge < -0.3 is 34.8 Å². The number of rotatable bonds is 8. The van der Waals surface area contributed by atoms with Gasteiger partial charge in [-0.2, -0.15) is 8.42 Å². The molecular formula is C11H16N4O13P2S. The Morgan fingerprint density at radius 2 is 1.94 bits per heavy atom. The average Bonchev–Trinajstić information content (AvgIpc) is 3.13. The Kier molecular flexibility index (Phi) is 6.56. The van der Waals surface area contributed by atoms with E-state index in [0.717, 1.165) is 6.33 Å². The summed E-state index contributed by atoms with van der Waals surface area (Å²) < 4.78 is 71.7. The first-order chi connectivity index (χ1) is 14.2. The van der Waals surface area contributed by atoms with E-state index in [1.54, 1.807) is 0 Å². The Morgan fingerprint density at radius 3 is 2.55 bits per heavy atom. The SMILES string of the molecule is Nc1ncnc2c1ccn2[C@H]1O[C@H](COP(=O)(O)OS(=O)(=O)O)[C@@H](OP(=O)(O)O)[C@H]1O. The van der Waals surface area contributed by atoms with Crippen molar-refractivity contribution in [3.8, 4) is 0 Å². The number of nitrogens with zero attached hydrogens (tertiary/aromatic N) is 3. The van der Waals surface area contributed by atoms with E-state index in [-0.39, 0.29) is 11.5 Å². The van der Waals surface area contributed by atoms with Crippen molar-refractivity contribution in [2.45, 2.75) is 24.5 Å². The molecule has 3 rings (SSSR count). The average molecular weight is 506 g/mol. The van der Waals surface area contributed by atoms with E-state index in [4.69, 9.17) is 24.8 Å². The number of aliphatic hydroxyl groups is 1. The Morgan fingerprint density at radius 1 is 1.26 bits per heavy atom. The zero-order valence-electron chi connectivity index (χ0n) is 15.0. The van der Waals surface area contributed by atoms with E-state index < -0.39 is 57.2 Å². The van der Waals surface area contributed by atoms with Gasteiger partial charge in [-0.1, -0.05) is 0 Å². The lowest BCUT2D eigenvalue weighted by Crippen LogP contribution is -2.35. The van der Waals surface area contributed by atoms with Gasteiger partial charge in [-0.15, -0.1) is 3.97 Å². The summed E-state index contributed by atoms with van der Waals surface area (Å²) >= 11 is 0. The second kappa shape index (κ2) is 8.43. The molecule has 1 saturated heterocycles. The van der Waals surface area contributed by atoms with Gasteiger partial charge in [-0.3, -0.25) is 13.6 Å². The van der Waals surface area contributed by atoms with E-state index in [1.165, 1.54) is 16.8 Å². The number of phosphoric ester groups is 2. The summed E-state index contributed by atoms with van der Waals surface area (Å²) in [4.78, 5) is 35.3. The number of aliphatic hydroxyl groups excluding tert-OH is 1. The third kappa shape index (κ3) is 5.83. The molecule has 1 fully saturated rings. The van der Waals surface area contributed by atoms with Gasteiger partial charge in [0, 0.05) is 6.20 Å². The lowest BCUT2D eigenvalue weighted by molar-refractivity contribution is -0.0497. The summed E-state index contributed by atoms with van der Waals surface area (Å²) in [5.41, 5.74) is 5.91. The number of hydrogen-bond acceptors (Lipinski definition) is 12. The standard InChI is InChI=1S/C11H16N4O13P2S/c12-9-5-1-2-15(10(5)14-4-13-9)11-7(16)8(27-29(17,18)19)6(26-11)3-25-30(20,21)28-31(22,23)24/h1-2,4,6-8,11,16H,3H2,(H,20,21)(H2,12,13,14)(H2,17,18,19)(H,22,23,24)/t6-,7-,8-,11+/m1/s1. The van der Waals surface area contributed by atoms with E-state index in [9.17, 15) is 27.5 Å². The fourth-order valence-corrected chi connectivity index (χ4v) is 4.91. The van der Waals surface area contributed by atoms with E-state index in [0.29, 0.717) is 5.39 Å². The van der Waals surface area contributed by atoms with Crippen molar-refractivity contribution in [3.05, 3.63) is 18.6 Å². The molecule has 20 heteroatoms. The molecule has 0 bridgehead atoms. The number of phosphoric acid groups is 2. The third-order valence-corrected chi connectivity index (χ3v) is 6.47. The first-order valence-corrected chi connectivity index (χ1v) is 12.4. The molecule has 0 aliphatic carbocycles. The molecule has 0 radical (unpaired) electrons. The molecule has 2 aromatic heterocycles. The van der Waals surface area contributed by atoms with Crippen molar-refractivity contribution in [2.24, 2.45) is 0 Å². The highest BCUT2D eigenvalue weighted by molar-refractivity contribution is 7.85. The molecule has 1 aliphatic heterocycles. The van der Waals surface area contributed by atoms with Crippen molar-refractivity contribution < 1.29 is 59.6 Å². The van der Waals surface area contributed by atoms with Crippen LogP contribution in [0.15, 0.2) is 18.6 Å². The predicted octanol–water partition coefficient (Wildman–Crippen LogP) is -1.31. The molecule has 17 nitrogen and oxygen atoms in total. The summed E-state index contributed by atoms with van der Waals surface area (Å²) in [7, 11) is -15.9. The van der Waals surface area contributed by atoms with Gasteiger partial charge in [0.2, 0.25) is 0 Å². The summed E-state index contributed by atoms with van der Waals surface area (Å²) in [5.74, 6) is 0.0997. The Bertz CT molecular complexity index is 1170. The molecule has 2 aromatic rings. The largest absolute Gasteiger partial charge is 0.488 e. The molecule has 0 spiro atoms. The number of anilines is 1. The second-order valence-corrected chi connectivity index (χ2v) is 9.94. The zero-order valence-corrected chi connectivity index (χ0v) is 17.6. The molecule has 31 heavy (non-hydrogen) atoms. The maximum Gasteiger partial charge on any atom is 0.488 e. The van der Waals surface area contributed by atoms with Gasteiger partial charge in [0.25, 0.3) is 0 Å². The summed E-state index contributed by atoms with van der Waals surface area (Å²) in [6.45, 7) is -1.04. The second-order valence-electron chi connectivity index (χ2n) is 6.10. The minimum atomic E-state index is -5.38. The van der Waals surface area contributed by atoms with Crippen LogP contribution in [-0.2, 0) is 37.3 Å². The van der Waals surface area contributed by atoms with Crippen LogP contribution in [-0.4, -0.2) is 72.2 Å². The first kappa shape index (κ1) is 24.1. The van der Waals surface area contributed by atoms with Crippen LogP contribution < -0.4 is 5.73 Å². The molecule has 0 amide bonds. The maximum atomic E-state index is 11.6. The molecule has 174 valence electrons. The Labute approximate surface area is 173 Å². The zero-order chi connectivity index (χ0) is 23.2. The predicted molar refractivity (Wildman–Crippen MR) is 97.2 cm³/mol. The number of ether oxygens (including phenoxy) is 1. The number of fused-ring (bicyclic) bond motifs is 1. The van der Waals surface area contributed by atoms with Crippen LogP contribution >= 0.6 is 15.6 Å². The minimum absolute atomic E-state index is 0.0997. The Balaban J connectivity index is 1.88. The van der Waals surface area contributed by atoms with Crippen LogP contribution in [0.25, 0.3) is 11.0 Å². The van der Waals surface area contributed by atoms with Crippen molar-refractivity contribution in [1.82, 2.24) is 14.5 Å².